The molecule has 1 atom stereocenters. The predicted octanol–water partition coefficient (Wildman–Crippen LogP) is 0.899. The van der Waals surface area contributed by atoms with Gasteiger partial charge in [0.2, 0.25) is 0 Å². The molecule has 10 heavy (non-hydrogen) atoms. The van der Waals surface area contributed by atoms with Crippen molar-refractivity contribution in [2.24, 2.45) is 0 Å². The maximum atomic E-state index is 8.94. The predicted molar refractivity (Wildman–Crippen MR) is 41.9 cm³/mol. The van der Waals surface area contributed by atoms with Crippen LogP contribution >= 0.6 is 0 Å². The monoisotopic (exact) mass is 143 g/mol. The zero-order valence-corrected chi connectivity index (χ0v) is 6.85. The number of aliphatic hydroxyl groups excluding tert-OH is 1. The van der Waals surface area contributed by atoms with E-state index in [4.69, 9.17) is 5.11 Å². The highest BCUT2D eigenvalue weighted by Crippen LogP contribution is 2.35. The van der Waals surface area contributed by atoms with E-state index in [1.54, 1.807) is 0 Å². The highest BCUT2D eigenvalue weighted by Gasteiger charge is 2.42. The van der Waals surface area contributed by atoms with E-state index in [1.165, 1.54) is 0 Å². The third-order valence-electron chi connectivity index (χ3n) is 2.32. The van der Waals surface area contributed by atoms with Gasteiger partial charge in [-0.15, -0.1) is 0 Å². The van der Waals surface area contributed by atoms with E-state index in [-0.39, 0.29) is 5.54 Å². The van der Waals surface area contributed by atoms with Crippen LogP contribution in [0.5, 0.6) is 0 Å². The smallest absolute Gasteiger partial charge is 0.0613 e. The van der Waals surface area contributed by atoms with Crippen LogP contribution in [0.4, 0.5) is 0 Å². The molecule has 0 aromatic rings. The van der Waals surface area contributed by atoms with Crippen LogP contribution in [-0.4, -0.2) is 23.3 Å². The Hall–Kier alpha value is -0.0800. The van der Waals surface area contributed by atoms with E-state index in [0.717, 1.165) is 19.3 Å². The molecule has 2 N–H and O–H groups in total. The Morgan fingerprint density at radius 3 is 2.50 bits per heavy atom. The second-order valence-electron chi connectivity index (χ2n) is 3.39. The summed E-state index contributed by atoms with van der Waals surface area (Å²) in [5.41, 5.74) is 0.120. The van der Waals surface area contributed by atoms with Crippen molar-refractivity contribution in [2.45, 2.75) is 44.7 Å². The lowest BCUT2D eigenvalue weighted by Crippen LogP contribution is -2.40. The molecule has 2 heteroatoms. The van der Waals surface area contributed by atoms with E-state index in [9.17, 15) is 0 Å². The Balaban J connectivity index is 2.23. The second kappa shape index (κ2) is 2.89. The normalized spacial score (nSPS) is 24.3. The van der Waals surface area contributed by atoms with Crippen molar-refractivity contribution in [2.75, 3.05) is 6.61 Å². The topological polar surface area (TPSA) is 32.3 Å². The van der Waals surface area contributed by atoms with Gasteiger partial charge in [-0.1, -0.05) is 6.92 Å². The molecule has 1 aliphatic carbocycles. The molecule has 60 valence electrons. The van der Waals surface area contributed by atoms with E-state index in [0.29, 0.717) is 12.6 Å². The van der Waals surface area contributed by atoms with Crippen molar-refractivity contribution < 1.29 is 5.11 Å². The van der Waals surface area contributed by atoms with Crippen LogP contribution in [0.15, 0.2) is 0 Å². The second-order valence-corrected chi connectivity index (χ2v) is 3.39. The molecule has 0 bridgehead atoms. The molecule has 0 heterocycles. The van der Waals surface area contributed by atoms with Crippen molar-refractivity contribution in [3.63, 3.8) is 0 Å². The summed E-state index contributed by atoms with van der Waals surface area (Å²) in [5, 5.41) is 12.4. The highest BCUT2D eigenvalue weighted by molar-refractivity contribution is 5.02. The van der Waals surface area contributed by atoms with Crippen LogP contribution in [0, 0.1) is 0 Å². The number of hydrogen-bond donors (Lipinski definition) is 2. The average molecular weight is 143 g/mol. The van der Waals surface area contributed by atoms with E-state index in [2.05, 4.69) is 19.2 Å². The average Bonchev–Trinajstić information content (AvgIpc) is 2.70. The molecule has 0 spiro atoms. The van der Waals surface area contributed by atoms with Crippen LogP contribution in [-0.2, 0) is 0 Å². The van der Waals surface area contributed by atoms with Gasteiger partial charge in [0.15, 0.2) is 0 Å². The molecule has 1 rings (SSSR count). The van der Waals surface area contributed by atoms with Gasteiger partial charge in [-0.2, -0.15) is 0 Å². The van der Waals surface area contributed by atoms with E-state index < -0.39 is 0 Å². The third-order valence-corrected chi connectivity index (χ3v) is 2.32. The molecule has 1 unspecified atom stereocenters. The summed E-state index contributed by atoms with van der Waals surface area (Å²) >= 11 is 0. The van der Waals surface area contributed by atoms with Gasteiger partial charge in [0.25, 0.3) is 0 Å². The molecule has 0 aromatic carbocycles. The van der Waals surface area contributed by atoms with Gasteiger partial charge in [-0.25, -0.2) is 0 Å². The number of rotatable bonds is 4. The van der Waals surface area contributed by atoms with Gasteiger partial charge in [0, 0.05) is 11.6 Å². The Kier molecular flexibility index (Phi) is 2.32. The minimum absolute atomic E-state index is 0.120. The number of aliphatic hydroxyl groups is 1. The third kappa shape index (κ3) is 1.70. The van der Waals surface area contributed by atoms with Crippen LogP contribution < -0.4 is 5.32 Å². The fourth-order valence-electron chi connectivity index (χ4n) is 1.12. The SMILES string of the molecule is CCC(C)NC1(CO)CC1. The van der Waals surface area contributed by atoms with Crippen LogP contribution in [0.2, 0.25) is 0 Å². The quantitative estimate of drug-likeness (QED) is 0.613. The summed E-state index contributed by atoms with van der Waals surface area (Å²) in [7, 11) is 0. The molecule has 0 aromatic heterocycles. The Bertz CT molecular complexity index is 110. The van der Waals surface area contributed by atoms with Crippen molar-refractivity contribution in [1.29, 1.82) is 0 Å². The standard InChI is InChI=1S/C8H17NO/c1-3-7(2)9-8(6-10)4-5-8/h7,9-10H,3-6H2,1-2H3. The van der Waals surface area contributed by atoms with Gasteiger partial charge in [-0.05, 0) is 26.2 Å². The highest BCUT2D eigenvalue weighted by atomic mass is 16.3. The number of nitrogens with one attached hydrogen (secondary N) is 1. The molecule has 1 saturated carbocycles. The first kappa shape index (κ1) is 8.02. The largest absolute Gasteiger partial charge is 0.394 e. The lowest BCUT2D eigenvalue weighted by molar-refractivity contribution is 0.219. The minimum atomic E-state index is 0.120. The molecule has 1 aliphatic rings. The summed E-state index contributed by atoms with van der Waals surface area (Å²) in [6, 6.07) is 0.551. The summed E-state index contributed by atoms with van der Waals surface area (Å²) < 4.78 is 0. The van der Waals surface area contributed by atoms with Crippen LogP contribution in [0.3, 0.4) is 0 Å². The van der Waals surface area contributed by atoms with Gasteiger partial charge in [0.1, 0.15) is 0 Å². The fourth-order valence-corrected chi connectivity index (χ4v) is 1.12. The Labute approximate surface area is 62.6 Å². The molecular weight excluding hydrogens is 126 g/mol. The Morgan fingerprint density at radius 2 is 2.20 bits per heavy atom. The molecule has 0 radical (unpaired) electrons. The Morgan fingerprint density at radius 1 is 1.60 bits per heavy atom. The molecule has 0 saturated heterocycles. The van der Waals surface area contributed by atoms with Crippen LogP contribution in [0.25, 0.3) is 0 Å². The van der Waals surface area contributed by atoms with Crippen molar-refractivity contribution in [3.8, 4) is 0 Å². The van der Waals surface area contributed by atoms with Gasteiger partial charge < -0.3 is 10.4 Å². The van der Waals surface area contributed by atoms with E-state index in [1.807, 2.05) is 0 Å². The van der Waals surface area contributed by atoms with Gasteiger partial charge in [0.05, 0.1) is 6.61 Å². The van der Waals surface area contributed by atoms with Crippen molar-refractivity contribution >= 4 is 0 Å². The van der Waals surface area contributed by atoms with Gasteiger partial charge >= 0.3 is 0 Å². The van der Waals surface area contributed by atoms with Crippen LogP contribution in [0.1, 0.15) is 33.1 Å². The lowest BCUT2D eigenvalue weighted by Gasteiger charge is -2.19. The summed E-state index contributed by atoms with van der Waals surface area (Å²) in [4.78, 5) is 0. The first-order valence-corrected chi connectivity index (χ1v) is 4.11. The summed E-state index contributed by atoms with van der Waals surface area (Å²) in [6.07, 6.45) is 3.43. The molecular formula is C8H17NO. The first-order chi connectivity index (χ1) is 4.72. The molecule has 0 aliphatic heterocycles. The zero-order chi connectivity index (χ0) is 7.61. The van der Waals surface area contributed by atoms with Gasteiger partial charge in [-0.3, -0.25) is 0 Å². The fraction of sp³-hybridized carbons (Fsp3) is 1.00. The zero-order valence-electron chi connectivity index (χ0n) is 6.85. The minimum Gasteiger partial charge on any atom is -0.394 e. The molecule has 2 nitrogen and oxygen atoms in total. The first-order valence-electron chi connectivity index (χ1n) is 4.11. The lowest BCUT2D eigenvalue weighted by atomic mass is 10.2. The molecule has 0 amide bonds. The summed E-state index contributed by atoms with van der Waals surface area (Å²) in [6.45, 7) is 4.62. The number of hydrogen-bond acceptors (Lipinski definition) is 2. The van der Waals surface area contributed by atoms with E-state index >= 15 is 0 Å². The molecule has 1 fully saturated rings. The summed E-state index contributed by atoms with van der Waals surface area (Å²) in [5.74, 6) is 0. The maximum absolute atomic E-state index is 8.94. The van der Waals surface area contributed by atoms with Crippen molar-refractivity contribution in [1.82, 2.24) is 5.32 Å². The van der Waals surface area contributed by atoms with Crippen molar-refractivity contribution in [3.05, 3.63) is 0 Å². The maximum Gasteiger partial charge on any atom is 0.0613 e.